The van der Waals surface area contributed by atoms with Gasteiger partial charge in [0.05, 0.1) is 5.75 Å². The first-order chi connectivity index (χ1) is 9.85. The molecule has 1 N–H and O–H groups in total. The molecule has 0 aliphatic heterocycles. The molecule has 0 saturated heterocycles. The molecular formula is C15H16N2O3S. The summed E-state index contributed by atoms with van der Waals surface area (Å²) in [4.78, 5) is 16.3. The zero-order valence-corrected chi connectivity index (χ0v) is 12.6. The highest BCUT2D eigenvalue weighted by Crippen LogP contribution is 2.13. The summed E-state index contributed by atoms with van der Waals surface area (Å²) < 4.78 is 22.6. The maximum atomic E-state index is 12.2. The van der Waals surface area contributed by atoms with Crippen molar-refractivity contribution >= 4 is 21.6 Å². The number of nitrogens with zero attached hydrogens (tertiary/aromatic N) is 1. The Balaban J connectivity index is 2.20. The van der Waals surface area contributed by atoms with Crippen LogP contribution in [0.25, 0.3) is 0 Å². The summed E-state index contributed by atoms with van der Waals surface area (Å²) >= 11 is 0. The molecule has 2 aromatic rings. The van der Waals surface area contributed by atoms with Crippen molar-refractivity contribution < 1.29 is 13.2 Å². The summed E-state index contributed by atoms with van der Waals surface area (Å²) in [7, 11) is -3.13. The summed E-state index contributed by atoms with van der Waals surface area (Å²) in [6.07, 6.45) is 2.76. The molecule has 0 bridgehead atoms. The van der Waals surface area contributed by atoms with Crippen LogP contribution in [0.5, 0.6) is 0 Å². The predicted octanol–water partition coefficient (Wildman–Crippen LogP) is 2.19. The molecule has 1 heterocycles. The average molecular weight is 304 g/mol. The van der Waals surface area contributed by atoms with Crippen LogP contribution in [0.1, 0.15) is 21.5 Å². The fourth-order valence-electron chi connectivity index (χ4n) is 1.90. The van der Waals surface area contributed by atoms with Gasteiger partial charge in [-0.15, -0.1) is 0 Å². The number of anilines is 1. The van der Waals surface area contributed by atoms with Crippen LogP contribution in [0, 0.1) is 6.92 Å². The minimum absolute atomic E-state index is 0.0866. The molecule has 0 aliphatic carbocycles. The zero-order valence-electron chi connectivity index (χ0n) is 11.8. The number of hydrogen-bond acceptors (Lipinski definition) is 4. The molecule has 5 nitrogen and oxygen atoms in total. The third-order valence-corrected chi connectivity index (χ3v) is 3.72. The normalized spacial score (nSPS) is 11.1. The van der Waals surface area contributed by atoms with Gasteiger partial charge in [0.1, 0.15) is 5.82 Å². The van der Waals surface area contributed by atoms with E-state index in [9.17, 15) is 13.2 Å². The summed E-state index contributed by atoms with van der Waals surface area (Å²) in [6.45, 7) is 1.85. The van der Waals surface area contributed by atoms with E-state index in [0.29, 0.717) is 16.9 Å². The van der Waals surface area contributed by atoms with Crippen LogP contribution in [0.15, 0.2) is 42.6 Å². The lowest BCUT2D eigenvalue weighted by Gasteiger charge is -2.08. The van der Waals surface area contributed by atoms with E-state index in [0.717, 1.165) is 11.8 Å². The summed E-state index contributed by atoms with van der Waals surface area (Å²) in [5.74, 6) is 0.0969. The molecular weight excluding hydrogens is 288 g/mol. The molecule has 0 fully saturated rings. The van der Waals surface area contributed by atoms with Gasteiger partial charge in [0.15, 0.2) is 9.84 Å². The molecule has 6 heteroatoms. The zero-order chi connectivity index (χ0) is 15.5. The predicted molar refractivity (Wildman–Crippen MR) is 81.9 cm³/mol. The maximum Gasteiger partial charge on any atom is 0.256 e. The molecule has 0 aliphatic rings. The third-order valence-electron chi connectivity index (χ3n) is 2.86. The first-order valence-corrected chi connectivity index (χ1v) is 8.41. The standard InChI is InChI=1S/C15H16N2O3S/c1-11-5-4-8-16-14(11)17-15(18)13-7-3-6-12(9-13)10-21(2,19)20/h3-9H,10H2,1-2H3,(H,16,17,18). The highest BCUT2D eigenvalue weighted by atomic mass is 32.2. The van der Waals surface area contributed by atoms with E-state index in [4.69, 9.17) is 0 Å². The lowest BCUT2D eigenvalue weighted by molar-refractivity contribution is 0.102. The van der Waals surface area contributed by atoms with Gasteiger partial charge in [-0.3, -0.25) is 4.79 Å². The van der Waals surface area contributed by atoms with Crippen LogP contribution in [0.2, 0.25) is 0 Å². The number of benzene rings is 1. The van der Waals surface area contributed by atoms with Gasteiger partial charge in [0.25, 0.3) is 5.91 Å². The van der Waals surface area contributed by atoms with Gasteiger partial charge < -0.3 is 5.32 Å². The smallest absolute Gasteiger partial charge is 0.256 e. The lowest BCUT2D eigenvalue weighted by atomic mass is 10.1. The highest BCUT2D eigenvalue weighted by molar-refractivity contribution is 7.89. The summed E-state index contributed by atoms with van der Waals surface area (Å²) in [5.41, 5.74) is 1.85. The second-order valence-corrected chi connectivity index (χ2v) is 7.03. The Labute approximate surface area is 124 Å². The van der Waals surface area contributed by atoms with Crippen molar-refractivity contribution in [3.8, 4) is 0 Å². The SMILES string of the molecule is Cc1cccnc1NC(=O)c1cccc(CS(C)(=O)=O)c1. The van der Waals surface area contributed by atoms with E-state index < -0.39 is 9.84 Å². The number of hydrogen-bond donors (Lipinski definition) is 1. The molecule has 0 spiro atoms. The van der Waals surface area contributed by atoms with Gasteiger partial charge in [-0.1, -0.05) is 18.2 Å². The van der Waals surface area contributed by atoms with E-state index in [1.54, 1.807) is 36.5 Å². The monoisotopic (exact) mass is 304 g/mol. The second kappa shape index (κ2) is 6.05. The van der Waals surface area contributed by atoms with Crippen molar-refractivity contribution in [1.29, 1.82) is 0 Å². The topological polar surface area (TPSA) is 76.1 Å². The molecule has 21 heavy (non-hydrogen) atoms. The molecule has 2 rings (SSSR count). The Bertz CT molecular complexity index is 770. The van der Waals surface area contributed by atoms with Gasteiger partial charge in [-0.25, -0.2) is 13.4 Å². The third kappa shape index (κ3) is 4.39. The Morgan fingerprint density at radius 1 is 1.24 bits per heavy atom. The number of aryl methyl sites for hydroxylation is 1. The lowest BCUT2D eigenvalue weighted by Crippen LogP contribution is -2.14. The van der Waals surface area contributed by atoms with Crippen LogP contribution in [-0.4, -0.2) is 25.6 Å². The van der Waals surface area contributed by atoms with Gasteiger partial charge >= 0.3 is 0 Å². The van der Waals surface area contributed by atoms with Crippen LogP contribution in [0.3, 0.4) is 0 Å². The molecule has 1 amide bonds. The number of rotatable bonds is 4. The summed E-state index contributed by atoms with van der Waals surface area (Å²) in [6, 6.07) is 10.2. The minimum Gasteiger partial charge on any atom is -0.306 e. The number of nitrogens with one attached hydrogen (secondary N) is 1. The largest absolute Gasteiger partial charge is 0.306 e. The van der Waals surface area contributed by atoms with E-state index in [-0.39, 0.29) is 11.7 Å². The first-order valence-electron chi connectivity index (χ1n) is 6.35. The minimum atomic E-state index is -3.13. The molecule has 0 saturated carbocycles. The number of aromatic nitrogens is 1. The fraction of sp³-hybridized carbons (Fsp3) is 0.200. The van der Waals surface area contributed by atoms with Crippen molar-refractivity contribution in [2.24, 2.45) is 0 Å². The molecule has 0 atom stereocenters. The van der Waals surface area contributed by atoms with E-state index in [1.165, 1.54) is 0 Å². The molecule has 1 aromatic carbocycles. The van der Waals surface area contributed by atoms with E-state index >= 15 is 0 Å². The molecule has 0 unspecified atom stereocenters. The van der Waals surface area contributed by atoms with Crippen molar-refractivity contribution in [3.05, 3.63) is 59.3 Å². The number of amides is 1. The van der Waals surface area contributed by atoms with Crippen molar-refractivity contribution in [2.45, 2.75) is 12.7 Å². The average Bonchev–Trinajstić information content (AvgIpc) is 2.39. The number of sulfone groups is 1. The van der Waals surface area contributed by atoms with E-state index in [2.05, 4.69) is 10.3 Å². The van der Waals surface area contributed by atoms with Crippen molar-refractivity contribution in [2.75, 3.05) is 11.6 Å². The maximum absolute atomic E-state index is 12.2. The Hall–Kier alpha value is -2.21. The Morgan fingerprint density at radius 3 is 2.67 bits per heavy atom. The van der Waals surface area contributed by atoms with Crippen molar-refractivity contribution in [1.82, 2.24) is 4.98 Å². The van der Waals surface area contributed by atoms with E-state index in [1.807, 2.05) is 13.0 Å². The van der Waals surface area contributed by atoms with Crippen molar-refractivity contribution in [3.63, 3.8) is 0 Å². The fourth-order valence-corrected chi connectivity index (χ4v) is 2.69. The number of carbonyl (C=O) groups is 1. The molecule has 1 aromatic heterocycles. The van der Waals surface area contributed by atoms with Gasteiger partial charge in [-0.05, 0) is 36.2 Å². The number of carbonyl (C=O) groups excluding carboxylic acids is 1. The van der Waals surface area contributed by atoms with Gasteiger partial charge in [0.2, 0.25) is 0 Å². The molecule has 0 radical (unpaired) electrons. The highest BCUT2D eigenvalue weighted by Gasteiger charge is 2.11. The van der Waals surface area contributed by atoms with Crippen LogP contribution < -0.4 is 5.32 Å². The van der Waals surface area contributed by atoms with Crippen LogP contribution in [-0.2, 0) is 15.6 Å². The quantitative estimate of drug-likeness (QED) is 0.939. The van der Waals surface area contributed by atoms with Crippen LogP contribution in [0.4, 0.5) is 5.82 Å². The van der Waals surface area contributed by atoms with Crippen LogP contribution >= 0.6 is 0 Å². The number of pyridine rings is 1. The van der Waals surface area contributed by atoms with Gasteiger partial charge in [0, 0.05) is 18.0 Å². The Kier molecular flexibility index (Phi) is 4.37. The Morgan fingerprint density at radius 2 is 2.00 bits per heavy atom. The van der Waals surface area contributed by atoms with Gasteiger partial charge in [-0.2, -0.15) is 0 Å². The molecule has 110 valence electrons. The second-order valence-electron chi connectivity index (χ2n) is 4.89. The first kappa shape index (κ1) is 15.2. The summed E-state index contributed by atoms with van der Waals surface area (Å²) in [5, 5.41) is 2.72.